The van der Waals surface area contributed by atoms with Crippen LogP contribution in [-0.4, -0.2) is 67.4 Å². The van der Waals surface area contributed by atoms with Crippen LogP contribution in [0.4, 0.5) is 0 Å². The number of carbonyl (C=O) groups excluding carboxylic acids is 2. The Bertz CT molecular complexity index is 307. The minimum atomic E-state index is -0.419. The fourth-order valence-electron chi connectivity index (χ4n) is 2.67. The smallest absolute Gasteiger partial charge is 0.313 e. The number of Topliss-reactive ketones (excluding diaryl/α,β-unsaturated/α-hetero) is 1. The van der Waals surface area contributed by atoms with Crippen molar-refractivity contribution in [1.82, 2.24) is 9.80 Å². The Morgan fingerprint density at radius 3 is 2.74 bits per heavy atom. The van der Waals surface area contributed by atoms with Crippen LogP contribution in [0.15, 0.2) is 0 Å². The number of hydrogen-bond acceptors (Lipinski definition) is 5. The van der Waals surface area contributed by atoms with Crippen molar-refractivity contribution >= 4 is 11.8 Å². The zero-order chi connectivity index (χ0) is 14.3. The molecular weight excluding hydrogens is 244 g/mol. The second-order valence-corrected chi connectivity index (χ2v) is 5.14. The van der Waals surface area contributed by atoms with E-state index in [-0.39, 0.29) is 12.2 Å². The van der Waals surface area contributed by atoms with E-state index in [1.54, 1.807) is 6.92 Å². The van der Waals surface area contributed by atoms with Crippen molar-refractivity contribution in [2.24, 2.45) is 0 Å². The van der Waals surface area contributed by atoms with Gasteiger partial charge in [0.2, 0.25) is 0 Å². The number of ether oxygens (including phenoxy) is 1. The molecule has 0 aromatic heterocycles. The lowest BCUT2D eigenvalue weighted by Gasteiger charge is -2.27. The number of likely N-dealkylation sites (tertiary alicyclic amines) is 1. The molecular formula is C14H26N2O3. The van der Waals surface area contributed by atoms with Gasteiger partial charge in [0.25, 0.3) is 0 Å². The van der Waals surface area contributed by atoms with Crippen molar-refractivity contribution < 1.29 is 14.3 Å². The van der Waals surface area contributed by atoms with Gasteiger partial charge in [0.05, 0.1) is 13.2 Å². The Morgan fingerprint density at radius 1 is 1.37 bits per heavy atom. The first-order valence-electron chi connectivity index (χ1n) is 7.16. The molecule has 0 aliphatic carbocycles. The van der Waals surface area contributed by atoms with Crippen LogP contribution in [0.1, 0.15) is 33.1 Å². The summed E-state index contributed by atoms with van der Waals surface area (Å²) in [5.41, 5.74) is 0. The molecule has 0 aromatic carbocycles. The lowest BCUT2D eigenvalue weighted by atomic mass is 10.2. The van der Waals surface area contributed by atoms with Crippen molar-refractivity contribution in [3.8, 4) is 0 Å². The first-order chi connectivity index (χ1) is 9.06. The molecule has 1 unspecified atom stereocenters. The molecule has 0 saturated carbocycles. The monoisotopic (exact) mass is 270 g/mol. The fourth-order valence-corrected chi connectivity index (χ4v) is 2.67. The van der Waals surface area contributed by atoms with E-state index in [0.717, 1.165) is 19.6 Å². The van der Waals surface area contributed by atoms with Crippen LogP contribution in [0, 0.1) is 0 Å². The lowest BCUT2D eigenvalue weighted by Crippen LogP contribution is -2.40. The van der Waals surface area contributed by atoms with Crippen LogP contribution in [0.2, 0.25) is 0 Å². The number of ketones is 1. The third kappa shape index (κ3) is 5.70. The van der Waals surface area contributed by atoms with Gasteiger partial charge in [-0.05, 0) is 39.9 Å². The molecule has 1 atom stereocenters. The molecule has 0 spiro atoms. The Balaban J connectivity index is 2.28. The Kier molecular flexibility index (Phi) is 7.02. The Hall–Kier alpha value is -0.940. The van der Waals surface area contributed by atoms with Crippen LogP contribution in [0.25, 0.3) is 0 Å². The highest BCUT2D eigenvalue weighted by Crippen LogP contribution is 2.17. The van der Waals surface area contributed by atoms with Gasteiger partial charge >= 0.3 is 5.97 Å². The molecule has 1 saturated heterocycles. The van der Waals surface area contributed by atoms with Gasteiger partial charge in [-0.1, -0.05) is 6.92 Å². The second kappa shape index (κ2) is 8.27. The molecule has 5 nitrogen and oxygen atoms in total. The molecule has 1 fully saturated rings. The topological polar surface area (TPSA) is 49.9 Å². The second-order valence-electron chi connectivity index (χ2n) is 5.14. The molecule has 110 valence electrons. The molecule has 0 amide bonds. The summed E-state index contributed by atoms with van der Waals surface area (Å²) in [6.07, 6.45) is 2.33. The average molecular weight is 270 g/mol. The van der Waals surface area contributed by atoms with E-state index in [0.29, 0.717) is 19.2 Å². The van der Waals surface area contributed by atoms with Crippen LogP contribution in [-0.2, 0) is 14.3 Å². The molecule has 0 radical (unpaired) electrons. The van der Waals surface area contributed by atoms with E-state index in [2.05, 4.69) is 11.8 Å². The first-order valence-corrected chi connectivity index (χ1v) is 7.16. The maximum absolute atomic E-state index is 11.7. The van der Waals surface area contributed by atoms with Crippen LogP contribution < -0.4 is 0 Å². The summed E-state index contributed by atoms with van der Waals surface area (Å²) < 4.78 is 4.78. The van der Waals surface area contributed by atoms with Gasteiger partial charge < -0.3 is 4.74 Å². The summed E-state index contributed by atoms with van der Waals surface area (Å²) in [6, 6.07) is 0.547. The molecule has 0 aromatic rings. The standard InChI is InChI=1S/C14H26N2O3/c1-4-16-8-6-7-12(16)10-15(3)11-13(17)9-14(18)19-5-2/h12H,4-11H2,1-3H3. The average Bonchev–Trinajstić information content (AvgIpc) is 2.75. The minimum Gasteiger partial charge on any atom is -0.466 e. The van der Waals surface area contributed by atoms with E-state index < -0.39 is 5.97 Å². The lowest BCUT2D eigenvalue weighted by molar-refractivity contribution is -0.145. The van der Waals surface area contributed by atoms with Gasteiger partial charge in [-0.3, -0.25) is 19.4 Å². The number of rotatable bonds is 8. The van der Waals surface area contributed by atoms with E-state index in [1.165, 1.54) is 12.8 Å². The third-order valence-corrected chi connectivity index (χ3v) is 3.52. The SMILES string of the molecule is CCOC(=O)CC(=O)CN(C)CC1CCCN1CC. The van der Waals surface area contributed by atoms with Gasteiger partial charge in [0.15, 0.2) is 5.78 Å². The van der Waals surface area contributed by atoms with Gasteiger partial charge in [-0.25, -0.2) is 0 Å². The molecule has 1 aliphatic heterocycles. The summed E-state index contributed by atoms with van der Waals surface area (Å²) in [5.74, 6) is -0.487. The van der Waals surface area contributed by atoms with E-state index in [9.17, 15) is 9.59 Å². The summed E-state index contributed by atoms with van der Waals surface area (Å²) >= 11 is 0. The van der Waals surface area contributed by atoms with Crippen molar-refractivity contribution in [3.05, 3.63) is 0 Å². The maximum Gasteiger partial charge on any atom is 0.313 e. The zero-order valence-electron chi connectivity index (χ0n) is 12.4. The van der Waals surface area contributed by atoms with Crippen molar-refractivity contribution in [1.29, 1.82) is 0 Å². The van der Waals surface area contributed by atoms with Crippen LogP contribution in [0.3, 0.4) is 0 Å². The fraction of sp³-hybridized carbons (Fsp3) is 0.857. The summed E-state index contributed by atoms with van der Waals surface area (Å²) in [7, 11) is 1.94. The number of hydrogen-bond donors (Lipinski definition) is 0. The molecule has 0 N–H and O–H groups in total. The molecule has 0 bridgehead atoms. The molecule has 5 heteroatoms. The van der Waals surface area contributed by atoms with E-state index in [4.69, 9.17) is 4.74 Å². The van der Waals surface area contributed by atoms with Crippen LogP contribution in [0.5, 0.6) is 0 Å². The van der Waals surface area contributed by atoms with Gasteiger partial charge in [0, 0.05) is 12.6 Å². The molecule has 1 rings (SSSR count). The summed E-state index contributed by atoms with van der Waals surface area (Å²) in [4.78, 5) is 27.4. The molecule has 1 aliphatic rings. The van der Waals surface area contributed by atoms with Gasteiger partial charge in [-0.2, -0.15) is 0 Å². The number of esters is 1. The highest BCUT2D eigenvalue weighted by molar-refractivity contribution is 5.96. The van der Waals surface area contributed by atoms with Gasteiger partial charge in [-0.15, -0.1) is 0 Å². The predicted octanol–water partition coefficient (Wildman–Crippen LogP) is 0.925. The number of likely N-dealkylation sites (N-methyl/N-ethyl adjacent to an activating group) is 2. The van der Waals surface area contributed by atoms with E-state index >= 15 is 0 Å². The van der Waals surface area contributed by atoms with Crippen molar-refractivity contribution in [3.63, 3.8) is 0 Å². The highest BCUT2D eigenvalue weighted by atomic mass is 16.5. The zero-order valence-corrected chi connectivity index (χ0v) is 12.4. The molecule has 19 heavy (non-hydrogen) atoms. The quantitative estimate of drug-likeness (QED) is 0.485. The number of nitrogens with zero attached hydrogens (tertiary/aromatic N) is 2. The third-order valence-electron chi connectivity index (χ3n) is 3.52. The Morgan fingerprint density at radius 2 is 2.11 bits per heavy atom. The maximum atomic E-state index is 11.7. The largest absolute Gasteiger partial charge is 0.466 e. The summed E-state index contributed by atoms with van der Waals surface area (Å²) in [6.45, 7) is 7.68. The first kappa shape index (κ1) is 16.1. The van der Waals surface area contributed by atoms with Crippen molar-refractivity contribution in [2.75, 3.05) is 39.8 Å². The predicted molar refractivity (Wildman–Crippen MR) is 74.0 cm³/mol. The van der Waals surface area contributed by atoms with Crippen molar-refractivity contribution in [2.45, 2.75) is 39.2 Å². The Labute approximate surface area is 115 Å². The minimum absolute atomic E-state index is 0.0676. The highest BCUT2D eigenvalue weighted by Gasteiger charge is 2.24. The summed E-state index contributed by atoms with van der Waals surface area (Å²) in [5, 5.41) is 0. The van der Waals surface area contributed by atoms with E-state index in [1.807, 2.05) is 11.9 Å². The normalized spacial score (nSPS) is 19.9. The number of carbonyl (C=O) groups is 2. The van der Waals surface area contributed by atoms with Crippen LogP contribution >= 0.6 is 0 Å². The van der Waals surface area contributed by atoms with Gasteiger partial charge in [0.1, 0.15) is 6.42 Å². The molecule has 1 heterocycles.